The fourth-order valence-electron chi connectivity index (χ4n) is 3.93. The number of nitrogens with one attached hydrogen (secondary N) is 2. The molecule has 1 aliphatic rings. The Balaban J connectivity index is 1.51. The highest BCUT2D eigenvalue weighted by molar-refractivity contribution is 6.06. The normalized spacial score (nSPS) is 17.9. The predicted molar refractivity (Wildman–Crippen MR) is 119 cm³/mol. The van der Waals surface area contributed by atoms with Gasteiger partial charge in [0.2, 0.25) is 5.91 Å². The quantitative estimate of drug-likeness (QED) is 0.444. The largest absolute Gasteiger partial charge is 0.573 e. The third kappa shape index (κ3) is 5.30. The van der Waals surface area contributed by atoms with Gasteiger partial charge in [0.1, 0.15) is 11.8 Å². The monoisotopic (exact) mass is 491 g/mol. The maximum absolute atomic E-state index is 13.0. The summed E-state index contributed by atoms with van der Waals surface area (Å²) in [6, 6.07) is 8.80. The number of para-hydroxylation sites is 1. The highest BCUT2D eigenvalue weighted by Crippen LogP contribution is 2.29. The molecule has 0 unspecified atom stereocenters. The molecule has 0 saturated carbocycles. The molecule has 1 fully saturated rings. The van der Waals surface area contributed by atoms with Crippen LogP contribution < -0.4 is 21.1 Å². The Bertz CT molecular complexity index is 1290. The van der Waals surface area contributed by atoms with Crippen molar-refractivity contribution in [2.45, 2.75) is 24.9 Å². The first-order valence-electron chi connectivity index (χ1n) is 10.3. The number of carbonyl (C=O) groups excluding carboxylic acids is 3. The second-order valence-electron chi connectivity index (χ2n) is 7.82. The van der Waals surface area contributed by atoms with Crippen molar-refractivity contribution in [1.82, 2.24) is 9.47 Å². The van der Waals surface area contributed by atoms with Gasteiger partial charge in [-0.1, -0.05) is 24.3 Å². The molecule has 0 aliphatic carbocycles. The van der Waals surface area contributed by atoms with Gasteiger partial charge in [0, 0.05) is 36.3 Å². The van der Waals surface area contributed by atoms with Crippen molar-refractivity contribution in [3.05, 3.63) is 54.7 Å². The maximum Gasteiger partial charge on any atom is 0.573 e. The number of alkyl halides is 3. The number of hydrogen-bond donors (Lipinski definition) is 4. The van der Waals surface area contributed by atoms with Crippen LogP contribution in [0.4, 0.5) is 34.1 Å². The van der Waals surface area contributed by atoms with E-state index in [4.69, 9.17) is 5.73 Å². The van der Waals surface area contributed by atoms with E-state index in [-0.39, 0.29) is 24.3 Å². The molecule has 0 bridgehead atoms. The van der Waals surface area contributed by atoms with E-state index < -0.39 is 42.2 Å². The summed E-state index contributed by atoms with van der Waals surface area (Å²) in [5, 5.41) is 15.7. The third-order valence-corrected chi connectivity index (χ3v) is 5.37. The molecule has 1 saturated heterocycles. The number of amides is 4. The molecule has 5 N–H and O–H groups in total. The Morgan fingerprint density at radius 1 is 1.09 bits per heavy atom. The van der Waals surface area contributed by atoms with Gasteiger partial charge < -0.3 is 31.1 Å². The standard InChI is InChI=1S/C22H20F3N5O5/c23-22(24,25)35-14-5-3-4-12(8-14)27-19(32)18-9-13(31)10-30(18)21(34)28-16-11-29(20(26)33)17-7-2-1-6-15(16)17/h1-8,11,13,18,31H,9-10H2,(H2,26,33)(H,27,32)(H,28,34)/t13-,18+/m1/s1. The van der Waals surface area contributed by atoms with Crippen molar-refractivity contribution in [1.29, 1.82) is 0 Å². The molecule has 0 spiro atoms. The van der Waals surface area contributed by atoms with E-state index in [2.05, 4.69) is 15.4 Å². The van der Waals surface area contributed by atoms with Crippen LogP contribution in [0.2, 0.25) is 0 Å². The van der Waals surface area contributed by atoms with Crippen LogP contribution in [0.1, 0.15) is 6.42 Å². The van der Waals surface area contributed by atoms with Crippen molar-refractivity contribution < 1.29 is 37.4 Å². The number of urea groups is 1. The third-order valence-electron chi connectivity index (χ3n) is 5.37. The summed E-state index contributed by atoms with van der Waals surface area (Å²) in [5.74, 6) is -1.23. The first-order chi connectivity index (χ1) is 16.5. The van der Waals surface area contributed by atoms with E-state index in [9.17, 15) is 32.7 Å². The Morgan fingerprint density at radius 2 is 1.83 bits per heavy atom. The lowest BCUT2D eigenvalue weighted by Gasteiger charge is -2.24. The molecule has 1 aromatic heterocycles. The number of benzene rings is 2. The lowest BCUT2D eigenvalue weighted by molar-refractivity contribution is -0.274. The van der Waals surface area contributed by atoms with Crippen LogP contribution in [0.3, 0.4) is 0 Å². The zero-order valence-corrected chi connectivity index (χ0v) is 18.0. The molecule has 0 radical (unpaired) electrons. The molecule has 2 atom stereocenters. The van der Waals surface area contributed by atoms with E-state index >= 15 is 0 Å². The molecule has 184 valence electrons. The van der Waals surface area contributed by atoms with Crippen LogP contribution in [0.15, 0.2) is 54.7 Å². The summed E-state index contributed by atoms with van der Waals surface area (Å²) < 4.78 is 42.4. The Hall–Kier alpha value is -4.26. The zero-order chi connectivity index (χ0) is 25.3. The van der Waals surface area contributed by atoms with E-state index in [0.29, 0.717) is 10.9 Å². The van der Waals surface area contributed by atoms with Gasteiger partial charge in [-0.15, -0.1) is 13.2 Å². The minimum absolute atomic E-state index is 0.0167. The number of halogens is 3. The van der Waals surface area contributed by atoms with Crippen LogP contribution in [0.5, 0.6) is 5.75 Å². The van der Waals surface area contributed by atoms with Crippen LogP contribution >= 0.6 is 0 Å². The number of carbonyl (C=O) groups is 3. The van der Waals surface area contributed by atoms with E-state index in [0.717, 1.165) is 21.6 Å². The first kappa shape index (κ1) is 23.9. The summed E-state index contributed by atoms with van der Waals surface area (Å²) in [6.07, 6.45) is -4.63. The summed E-state index contributed by atoms with van der Waals surface area (Å²) in [7, 11) is 0. The molecule has 3 aromatic rings. The van der Waals surface area contributed by atoms with Gasteiger partial charge in [-0.2, -0.15) is 0 Å². The van der Waals surface area contributed by atoms with Gasteiger partial charge in [-0.25, -0.2) is 9.59 Å². The van der Waals surface area contributed by atoms with E-state index in [1.807, 2.05) is 0 Å². The molecular formula is C22H20F3N5O5. The number of ether oxygens (including phenoxy) is 1. The average molecular weight is 491 g/mol. The van der Waals surface area contributed by atoms with Gasteiger partial charge in [-0.05, 0) is 18.2 Å². The number of hydrogen-bond acceptors (Lipinski definition) is 5. The highest BCUT2D eigenvalue weighted by atomic mass is 19.4. The lowest BCUT2D eigenvalue weighted by atomic mass is 10.2. The SMILES string of the molecule is NC(=O)n1cc(NC(=O)N2C[C@H](O)C[C@H]2C(=O)Nc2cccc(OC(F)(F)F)c2)c2ccccc21. The number of anilines is 2. The van der Waals surface area contributed by atoms with Gasteiger partial charge in [-0.3, -0.25) is 9.36 Å². The zero-order valence-electron chi connectivity index (χ0n) is 18.0. The number of rotatable bonds is 4. The second-order valence-corrected chi connectivity index (χ2v) is 7.82. The first-order valence-corrected chi connectivity index (χ1v) is 10.3. The summed E-state index contributed by atoms with van der Waals surface area (Å²) in [6.45, 7) is -0.157. The van der Waals surface area contributed by atoms with Crippen LogP contribution in [-0.4, -0.2) is 57.6 Å². The molecule has 35 heavy (non-hydrogen) atoms. The predicted octanol–water partition coefficient (Wildman–Crippen LogP) is 3.07. The van der Waals surface area contributed by atoms with E-state index in [1.54, 1.807) is 24.3 Å². The van der Waals surface area contributed by atoms with Crippen LogP contribution in [0, 0.1) is 0 Å². The van der Waals surface area contributed by atoms with Gasteiger partial charge >= 0.3 is 18.4 Å². The molecule has 4 rings (SSSR count). The number of nitrogens with two attached hydrogens (primary N) is 1. The fraction of sp³-hybridized carbons (Fsp3) is 0.227. The number of β-amino-alcohol motifs (C(OH)–C–C–N with tert-alkyl or cyclic N) is 1. The molecular weight excluding hydrogens is 471 g/mol. The lowest BCUT2D eigenvalue weighted by Crippen LogP contribution is -2.45. The van der Waals surface area contributed by atoms with Gasteiger partial charge in [0.15, 0.2) is 0 Å². The Morgan fingerprint density at radius 3 is 2.54 bits per heavy atom. The van der Waals surface area contributed by atoms with Crippen molar-refractivity contribution in [2.75, 3.05) is 17.2 Å². The fourth-order valence-corrected chi connectivity index (χ4v) is 3.93. The number of nitrogens with zero attached hydrogens (tertiary/aromatic N) is 2. The molecule has 4 amide bonds. The number of aliphatic hydroxyl groups excluding tert-OH is 1. The number of primary amides is 1. The van der Waals surface area contributed by atoms with Gasteiger partial charge in [0.05, 0.1) is 17.3 Å². The highest BCUT2D eigenvalue weighted by Gasteiger charge is 2.39. The second kappa shape index (κ2) is 9.18. The Kier molecular flexibility index (Phi) is 6.26. The van der Waals surface area contributed by atoms with Gasteiger partial charge in [0.25, 0.3) is 0 Å². The minimum atomic E-state index is -4.90. The van der Waals surface area contributed by atoms with Crippen molar-refractivity contribution in [3.8, 4) is 5.75 Å². The molecule has 1 aliphatic heterocycles. The molecule has 10 nitrogen and oxygen atoms in total. The summed E-state index contributed by atoms with van der Waals surface area (Å²) in [5.41, 5.74) is 6.13. The minimum Gasteiger partial charge on any atom is -0.406 e. The molecule has 2 heterocycles. The van der Waals surface area contributed by atoms with Crippen LogP contribution in [-0.2, 0) is 4.79 Å². The van der Waals surface area contributed by atoms with Crippen molar-refractivity contribution in [3.63, 3.8) is 0 Å². The number of aliphatic hydroxyl groups is 1. The van der Waals surface area contributed by atoms with E-state index in [1.165, 1.54) is 18.3 Å². The summed E-state index contributed by atoms with van der Waals surface area (Å²) >= 11 is 0. The Labute approximate surface area is 196 Å². The van der Waals surface area contributed by atoms with Crippen molar-refractivity contribution >= 4 is 40.2 Å². The number of likely N-dealkylation sites (tertiary alicyclic amines) is 1. The average Bonchev–Trinajstić information content (AvgIpc) is 3.34. The topological polar surface area (TPSA) is 139 Å². The maximum atomic E-state index is 13.0. The molecule has 13 heteroatoms. The number of aromatic nitrogens is 1. The summed E-state index contributed by atoms with van der Waals surface area (Å²) in [4.78, 5) is 38.7. The molecule has 2 aromatic carbocycles. The van der Waals surface area contributed by atoms with Crippen LogP contribution in [0.25, 0.3) is 10.9 Å². The smallest absolute Gasteiger partial charge is 0.406 e. The number of fused-ring (bicyclic) bond motifs is 1. The van der Waals surface area contributed by atoms with Crippen molar-refractivity contribution in [2.24, 2.45) is 5.73 Å².